The molecule has 0 spiro atoms. The first-order chi connectivity index (χ1) is 9.63. The number of hydrogen-bond acceptors (Lipinski definition) is 2. The molecule has 0 saturated carbocycles. The molecule has 106 valence electrons. The van der Waals surface area contributed by atoms with Gasteiger partial charge in [0.15, 0.2) is 0 Å². The topological polar surface area (TPSA) is 17.8 Å². The minimum Gasteiger partial charge on any atom is -0.335 e. The van der Waals surface area contributed by atoms with E-state index in [0.717, 1.165) is 6.54 Å². The minimum atomic E-state index is 0.542. The summed E-state index contributed by atoms with van der Waals surface area (Å²) in [6, 6.07) is 6.48. The lowest BCUT2D eigenvalue weighted by Crippen LogP contribution is -2.03. The van der Waals surface area contributed by atoms with Crippen molar-refractivity contribution in [2.75, 3.05) is 0 Å². The van der Waals surface area contributed by atoms with Gasteiger partial charge in [-0.3, -0.25) is 4.98 Å². The van der Waals surface area contributed by atoms with Crippen LogP contribution in [0.4, 0.5) is 0 Å². The Kier molecular flexibility index (Phi) is 5.07. The minimum absolute atomic E-state index is 0.542. The highest BCUT2D eigenvalue weighted by Crippen LogP contribution is 2.33. The lowest BCUT2D eigenvalue weighted by Gasteiger charge is -2.12. The fourth-order valence-corrected chi connectivity index (χ4v) is 3.26. The van der Waals surface area contributed by atoms with Crippen LogP contribution < -0.4 is 0 Å². The van der Waals surface area contributed by atoms with Crippen LogP contribution in [0, 0.1) is 6.92 Å². The van der Waals surface area contributed by atoms with Crippen LogP contribution in [0.25, 0.3) is 0 Å². The van der Waals surface area contributed by atoms with E-state index in [9.17, 15) is 0 Å². The van der Waals surface area contributed by atoms with E-state index in [1.165, 1.54) is 21.8 Å². The number of hydrogen-bond donors (Lipinski definition) is 0. The van der Waals surface area contributed by atoms with Gasteiger partial charge in [0.2, 0.25) is 0 Å². The average molecular weight is 286 g/mol. The Morgan fingerprint density at radius 3 is 2.60 bits per heavy atom. The molecule has 0 unspecified atom stereocenters. The Balaban J connectivity index is 2.40. The highest BCUT2D eigenvalue weighted by Gasteiger charge is 2.15. The van der Waals surface area contributed by atoms with E-state index in [1.54, 1.807) is 0 Å². The van der Waals surface area contributed by atoms with Crippen molar-refractivity contribution in [3.05, 3.63) is 58.9 Å². The summed E-state index contributed by atoms with van der Waals surface area (Å²) in [5, 5.41) is 3.51. The molecule has 2 aromatic heterocycles. The smallest absolute Gasteiger partial charge is 0.0830 e. The number of thioether (sulfide) groups is 1. The molecule has 2 nitrogen and oxygen atoms in total. The molecule has 0 aliphatic rings. The van der Waals surface area contributed by atoms with E-state index < -0.39 is 0 Å². The van der Waals surface area contributed by atoms with Crippen LogP contribution in [0.3, 0.4) is 0 Å². The van der Waals surface area contributed by atoms with Gasteiger partial charge in [-0.15, -0.1) is 0 Å². The standard InChI is InChI=1S/C17H22N2S/c1-5-10-20-17-16(13(2)3)11-14(4)19(17)12-15-6-8-18-9-7-15/h5-11,13H,12H2,1-4H3/b10-5+. The third-order valence-electron chi connectivity index (χ3n) is 3.31. The molecular weight excluding hydrogens is 264 g/mol. The molecule has 2 rings (SSSR count). The molecule has 0 atom stereocenters. The van der Waals surface area contributed by atoms with Crippen LogP contribution in [-0.4, -0.2) is 9.55 Å². The summed E-state index contributed by atoms with van der Waals surface area (Å²) in [6.07, 6.45) is 5.81. The van der Waals surface area contributed by atoms with Gasteiger partial charge < -0.3 is 4.57 Å². The maximum Gasteiger partial charge on any atom is 0.0830 e. The maximum absolute atomic E-state index is 4.09. The van der Waals surface area contributed by atoms with E-state index in [1.807, 2.05) is 24.2 Å². The van der Waals surface area contributed by atoms with Crippen LogP contribution in [0.5, 0.6) is 0 Å². The Labute approximate surface area is 125 Å². The quantitative estimate of drug-likeness (QED) is 0.721. The van der Waals surface area contributed by atoms with Gasteiger partial charge in [0.25, 0.3) is 0 Å². The van der Waals surface area contributed by atoms with Crippen molar-refractivity contribution in [2.24, 2.45) is 0 Å². The van der Waals surface area contributed by atoms with Crippen LogP contribution >= 0.6 is 11.8 Å². The molecule has 0 saturated heterocycles. The zero-order valence-electron chi connectivity index (χ0n) is 12.6. The molecule has 0 bridgehead atoms. The largest absolute Gasteiger partial charge is 0.335 e. The summed E-state index contributed by atoms with van der Waals surface area (Å²) >= 11 is 1.81. The van der Waals surface area contributed by atoms with Crippen molar-refractivity contribution < 1.29 is 0 Å². The zero-order valence-corrected chi connectivity index (χ0v) is 13.4. The molecule has 0 aliphatic heterocycles. The Morgan fingerprint density at radius 2 is 2.00 bits per heavy atom. The van der Waals surface area contributed by atoms with Gasteiger partial charge in [0.1, 0.15) is 0 Å². The van der Waals surface area contributed by atoms with E-state index in [0.29, 0.717) is 5.92 Å². The van der Waals surface area contributed by atoms with Crippen molar-refractivity contribution in [3.63, 3.8) is 0 Å². The SMILES string of the molecule is C/C=C/Sc1c(C(C)C)cc(C)n1Cc1ccncc1. The number of pyridine rings is 1. The lowest BCUT2D eigenvalue weighted by molar-refractivity contribution is 0.691. The van der Waals surface area contributed by atoms with Crippen molar-refractivity contribution in [2.45, 2.75) is 45.2 Å². The predicted molar refractivity (Wildman–Crippen MR) is 87.3 cm³/mol. The summed E-state index contributed by atoms with van der Waals surface area (Å²) in [4.78, 5) is 4.09. The number of aryl methyl sites for hydroxylation is 1. The number of rotatable bonds is 5. The molecule has 0 radical (unpaired) electrons. The number of nitrogens with zero attached hydrogens (tertiary/aromatic N) is 2. The zero-order chi connectivity index (χ0) is 14.5. The summed E-state index contributed by atoms with van der Waals surface area (Å²) < 4.78 is 2.40. The Morgan fingerprint density at radius 1 is 1.30 bits per heavy atom. The molecule has 0 aromatic carbocycles. The Bertz CT molecular complexity index is 583. The van der Waals surface area contributed by atoms with Crippen molar-refractivity contribution in [1.29, 1.82) is 0 Å². The summed E-state index contributed by atoms with van der Waals surface area (Å²) in [6.45, 7) is 9.66. The highest BCUT2D eigenvalue weighted by atomic mass is 32.2. The molecule has 20 heavy (non-hydrogen) atoms. The second-order valence-corrected chi connectivity index (χ2v) is 6.12. The summed E-state index contributed by atoms with van der Waals surface area (Å²) in [7, 11) is 0. The van der Waals surface area contributed by atoms with Gasteiger partial charge in [-0.1, -0.05) is 31.7 Å². The highest BCUT2D eigenvalue weighted by molar-refractivity contribution is 8.02. The van der Waals surface area contributed by atoms with Crippen LogP contribution in [0.1, 0.15) is 43.5 Å². The number of allylic oxidation sites excluding steroid dienone is 1. The fraction of sp³-hybridized carbons (Fsp3) is 0.353. The van der Waals surface area contributed by atoms with Crippen LogP contribution in [-0.2, 0) is 6.54 Å². The molecule has 0 aliphatic carbocycles. The van der Waals surface area contributed by atoms with E-state index in [2.05, 4.69) is 66.9 Å². The molecule has 2 aromatic rings. The first kappa shape index (κ1) is 14.9. The van der Waals surface area contributed by atoms with Gasteiger partial charge in [0.05, 0.1) is 5.03 Å². The predicted octanol–water partition coefficient (Wildman–Crippen LogP) is 4.99. The monoisotopic (exact) mass is 286 g/mol. The first-order valence-electron chi connectivity index (χ1n) is 7.00. The van der Waals surface area contributed by atoms with Gasteiger partial charge in [-0.2, -0.15) is 0 Å². The molecule has 3 heteroatoms. The third-order valence-corrected chi connectivity index (χ3v) is 4.40. The van der Waals surface area contributed by atoms with Crippen LogP contribution in [0.2, 0.25) is 0 Å². The second kappa shape index (κ2) is 6.80. The molecule has 0 N–H and O–H groups in total. The van der Waals surface area contributed by atoms with Crippen LogP contribution in [0.15, 0.2) is 47.1 Å². The van der Waals surface area contributed by atoms with E-state index >= 15 is 0 Å². The summed E-state index contributed by atoms with van der Waals surface area (Å²) in [5.74, 6) is 0.542. The molecule has 2 heterocycles. The second-order valence-electron chi connectivity index (χ2n) is 5.23. The van der Waals surface area contributed by atoms with Gasteiger partial charge in [0, 0.05) is 24.6 Å². The van der Waals surface area contributed by atoms with Gasteiger partial charge in [-0.25, -0.2) is 0 Å². The molecular formula is C17H22N2S. The van der Waals surface area contributed by atoms with Gasteiger partial charge >= 0.3 is 0 Å². The summed E-state index contributed by atoms with van der Waals surface area (Å²) in [5.41, 5.74) is 4.04. The van der Waals surface area contributed by atoms with Gasteiger partial charge in [-0.05, 0) is 54.5 Å². The Hall–Kier alpha value is -1.48. The lowest BCUT2D eigenvalue weighted by atomic mass is 10.1. The van der Waals surface area contributed by atoms with Crippen molar-refractivity contribution >= 4 is 11.8 Å². The third kappa shape index (κ3) is 3.34. The van der Waals surface area contributed by atoms with Crippen molar-refractivity contribution in [1.82, 2.24) is 9.55 Å². The first-order valence-corrected chi connectivity index (χ1v) is 7.88. The van der Waals surface area contributed by atoms with Crippen molar-refractivity contribution in [3.8, 4) is 0 Å². The van der Waals surface area contributed by atoms with E-state index in [-0.39, 0.29) is 0 Å². The normalized spacial score (nSPS) is 11.7. The molecule has 0 amide bonds. The maximum atomic E-state index is 4.09. The average Bonchev–Trinajstić information content (AvgIpc) is 2.75. The van der Waals surface area contributed by atoms with E-state index in [4.69, 9.17) is 0 Å². The molecule has 0 fully saturated rings. The fourth-order valence-electron chi connectivity index (χ4n) is 2.23. The number of aromatic nitrogens is 2.